The Balaban J connectivity index is 3.64. The van der Waals surface area contributed by atoms with Crippen LogP contribution in [0.25, 0.3) is 0 Å². The molecule has 0 aliphatic rings. The van der Waals surface area contributed by atoms with E-state index in [1.54, 1.807) is 0 Å². The van der Waals surface area contributed by atoms with Crippen molar-refractivity contribution in [3.63, 3.8) is 0 Å². The normalized spacial score (nSPS) is 13.8. The van der Waals surface area contributed by atoms with Crippen LogP contribution in [0, 0.1) is 0 Å². The summed E-state index contributed by atoms with van der Waals surface area (Å²) in [4.78, 5) is 12.6. The van der Waals surface area contributed by atoms with Gasteiger partial charge in [-0.1, -0.05) is 314 Å². The molecule has 0 spiro atoms. The lowest BCUT2D eigenvalue weighted by Crippen LogP contribution is -2.53. The van der Waals surface area contributed by atoms with Crippen LogP contribution in [-0.4, -0.2) is 57.3 Å². The molecule has 0 saturated carbocycles. The highest BCUT2D eigenvalue weighted by molar-refractivity contribution is 5.80. The van der Waals surface area contributed by atoms with Gasteiger partial charge < -0.3 is 25.7 Å². The zero-order valence-corrected chi connectivity index (χ0v) is 47.7. The summed E-state index contributed by atoms with van der Waals surface area (Å²) in [5, 5.41) is 44.1. The first-order valence-corrected chi connectivity index (χ1v) is 31.9. The van der Waals surface area contributed by atoms with Gasteiger partial charge in [-0.2, -0.15) is 0 Å². The van der Waals surface area contributed by atoms with Crippen LogP contribution in [0.5, 0.6) is 0 Å². The molecule has 71 heavy (non-hydrogen) atoms. The van der Waals surface area contributed by atoms with Gasteiger partial charge in [0.2, 0.25) is 5.91 Å². The molecule has 0 aromatic heterocycles. The number of nitrogens with one attached hydrogen (secondary N) is 1. The van der Waals surface area contributed by atoms with Crippen molar-refractivity contribution in [2.24, 2.45) is 0 Å². The zero-order chi connectivity index (χ0) is 51.6. The van der Waals surface area contributed by atoms with Crippen LogP contribution in [0.2, 0.25) is 0 Å². The highest BCUT2D eigenvalue weighted by Crippen LogP contribution is 2.18. The lowest BCUT2D eigenvalue weighted by Gasteiger charge is -2.27. The third-order valence-electron chi connectivity index (χ3n) is 15.1. The van der Waals surface area contributed by atoms with Crippen LogP contribution in [0.4, 0.5) is 0 Å². The minimum absolute atomic E-state index is 0.362. The molecule has 4 atom stereocenters. The van der Waals surface area contributed by atoms with E-state index >= 15 is 0 Å². The highest BCUT2D eigenvalue weighted by Gasteiger charge is 2.28. The van der Waals surface area contributed by atoms with Crippen LogP contribution < -0.4 is 5.32 Å². The fraction of sp³-hybridized carbons (Fsp3) is 0.892. The van der Waals surface area contributed by atoms with Crippen molar-refractivity contribution in [3.05, 3.63) is 36.5 Å². The number of amides is 1. The Bertz CT molecular complexity index is 1120. The molecule has 0 aliphatic carbocycles. The van der Waals surface area contributed by atoms with E-state index in [2.05, 4.69) is 55.6 Å². The second kappa shape index (κ2) is 59.4. The number of carbonyl (C=O) groups is 1. The van der Waals surface area contributed by atoms with Gasteiger partial charge in [0, 0.05) is 0 Å². The average molecular weight is 1000 g/mol. The summed E-state index contributed by atoms with van der Waals surface area (Å²) < 4.78 is 0. The van der Waals surface area contributed by atoms with Crippen LogP contribution in [-0.2, 0) is 4.79 Å². The molecule has 6 heteroatoms. The SMILES string of the molecule is CCCCCCCCCCCCCCCC/C=C/CC/C=C/CC/C=C/CCCC(O)C(O)C(CO)NC(=O)C(O)CCCCCCCCCCCCCCCCCCCCCCCCCCCCCC. The summed E-state index contributed by atoms with van der Waals surface area (Å²) in [5.41, 5.74) is 0. The molecule has 0 bridgehead atoms. The van der Waals surface area contributed by atoms with E-state index in [-0.39, 0.29) is 0 Å². The molecule has 0 rings (SSSR count). The Kier molecular flexibility index (Phi) is 58.2. The van der Waals surface area contributed by atoms with Crippen molar-refractivity contribution < 1.29 is 25.2 Å². The summed E-state index contributed by atoms with van der Waals surface area (Å²) >= 11 is 0. The monoisotopic (exact) mass is 1000 g/mol. The van der Waals surface area contributed by atoms with Gasteiger partial charge in [-0.25, -0.2) is 0 Å². The molecule has 0 aliphatic heterocycles. The third-order valence-corrected chi connectivity index (χ3v) is 15.1. The molecule has 0 radical (unpaired) electrons. The molecular formula is C65H125NO5. The van der Waals surface area contributed by atoms with E-state index < -0.39 is 36.9 Å². The Morgan fingerprint density at radius 2 is 0.592 bits per heavy atom. The van der Waals surface area contributed by atoms with Crippen molar-refractivity contribution in [2.75, 3.05) is 6.61 Å². The first kappa shape index (κ1) is 69.5. The van der Waals surface area contributed by atoms with Gasteiger partial charge in [0.05, 0.1) is 18.8 Å². The predicted octanol–water partition coefficient (Wildman–Crippen LogP) is 19.1. The van der Waals surface area contributed by atoms with Gasteiger partial charge >= 0.3 is 0 Å². The minimum Gasteiger partial charge on any atom is -0.394 e. The number of hydrogen-bond acceptors (Lipinski definition) is 5. The first-order valence-electron chi connectivity index (χ1n) is 31.9. The minimum atomic E-state index is -1.29. The number of aliphatic hydroxyl groups excluding tert-OH is 4. The Labute approximate surface area is 443 Å². The van der Waals surface area contributed by atoms with Gasteiger partial charge in [-0.05, 0) is 64.2 Å². The van der Waals surface area contributed by atoms with Crippen LogP contribution in [0.15, 0.2) is 36.5 Å². The summed E-state index contributed by atoms with van der Waals surface area (Å²) in [7, 11) is 0. The van der Waals surface area contributed by atoms with Crippen molar-refractivity contribution in [1.29, 1.82) is 0 Å². The lowest BCUT2D eigenvalue weighted by molar-refractivity contribution is -0.132. The molecular weight excluding hydrogens is 875 g/mol. The lowest BCUT2D eigenvalue weighted by atomic mass is 10.00. The summed E-state index contributed by atoms with van der Waals surface area (Å²) in [6.07, 6.45) is 75.3. The molecule has 4 unspecified atom stereocenters. The van der Waals surface area contributed by atoms with E-state index in [0.717, 1.165) is 51.4 Å². The number of hydrogen-bond donors (Lipinski definition) is 5. The second-order valence-electron chi connectivity index (χ2n) is 22.1. The molecule has 1 amide bonds. The standard InChI is InChI=1S/C65H125NO5/c1-3-5-7-9-11-13-15-17-19-21-23-25-27-29-31-33-35-37-39-41-43-45-47-49-51-53-55-57-59-63(69)65(71)66-61(60-67)64(70)62(68)58-56-54-52-50-48-46-44-42-40-38-36-34-32-30-28-26-24-22-20-18-16-14-12-10-8-6-4-2/h34,36,42,44,50,52,61-64,67-70H,3-33,35,37-41,43,45-49,51,53-60H2,1-2H3,(H,66,71)/b36-34+,44-42+,52-50+. The largest absolute Gasteiger partial charge is 0.394 e. The van der Waals surface area contributed by atoms with Crippen molar-refractivity contribution in [3.8, 4) is 0 Å². The van der Waals surface area contributed by atoms with E-state index in [9.17, 15) is 25.2 Å². The molecule has 0 saturated heterocycles. The van der Waals surface area contributed by atoms with Crippen molar-refractivity contribution >= 4 is 5.91 Å². The fourth-order valence-electron chi connectivity index (χ4n) is 10.1. The second-order valence-corrected chi connectivity index (χ2v) is 22.1. The van der Waals surface area contributed by atoms with Gasteiger partial charge in [0.15, 0.2) is 0 Å². The van der Waals surface area contributed by atoms with Gasteiger partial charge in [-0.3, -0.25) is 4.79 Å². The topological polar surface area (TPSA) is 110 Å². The third kappa shape index (κ3) is 53.2. The number of unbranched alkanes of at least 4 members (excludes halogenated alkanes) is 44. The van der Waals surface area contributed by atoms with Crippen LogP contribution in [0.3, 0.4) is 0 Å². The van der Waals surface area contributed by atoms with Gasteiger partial charge in [0.25, 0.3) is 0 Å². The van der Waals surface area contributed by atoms with Crippen molar-refractivity contribution in [2.45, 2.75) is 366 Å². The molecule has 0 fully saturated rings. The van der Waals surface area contributed by atoms with E-state index in [1.165, 1.54) is 257 Å². The van der Waals surface area contributed by atoms with Crippen LogP contribution in [0.1, 0.15) is 341 Å². The molecule has 420 valence electrons. The van der Waals surface area contributed by atoms with E-state index in [1.807, 2.05) is 0 Å². The van der Waals surface area contributed by atoms with Gasteiger partial charge in [-0.15, -0.1) is 0 Å². The van der Waals surface area contributed by atoms with E-state index in [0.29, 0.717) is 19.3 Å². The molecule has 0 aromatic rings. The molecule has 0 aromatic carbocycles. The maximum atomic E-state index is 12.6. The highest BCUT2D eigenvalue weighted by atomic mass is 16.3. The first-order chi connectivity index (χ1) is 35.0. The number of aliphatic hydroxyl groups is 4. The summed E-state index contributed by atoms with van der Waals surface area (Å²) in [6, 6.07) is -1.01. The average Bonchev–Trinajstić information content (AvgIpc) is 3.38. The number of allylic oxidation sites excluding steroid dienone is 6. The van der Waals surface area contributed by atoms with E-state index in [4.69, 9.17) is 0 Å². The van der Waals surface area contributed by atoms with Gasteiger partial charge in [0.1, 0.15) is 12.2 Å². The summed E-state index contributed by atoms with van der Waals surface area (Å²) in [6.45, 7) is 4.08. The molecule has 6 nitrogen and oxygen atoms in total. The van der Waals surface area contributed by atoms with Crippen molar-refractivity contribution in [1.82, 2.24) is 5.32 Å². The quantitative estimate of drug-likeness (QED) is 0.0308. The molecule has 5 N–H and O–H groups in total. The molecule has 0 heterocycles. The smallest absolute Gasteiger partial charge is 0.249 e. The number of carbonyl (C=O) groups excluding carboxylic acids is 1. The maximum absolute atomic E-state index is 12.6. The Morgan fingerprint density at radius 3 is 0.887 bits per heavy atom. The Morgan fingerprint density at radius 1 is 0.338 bits per heavy atom. The fourth-order valence-corrected chi connectivity index (χ4v) is 10.1. The zero-order valence-electron chi connectivity index (χ0n) is 47.7. The Hall–Kier alpha value is -1.47. The number of rotatable bonds is 59. The predicted molar refractivity (Wildman–Crippen MR) is 311 cm³/mol. The maximum Gasteiger partial charge on any atom is 0.249 e. The summed E-state index contributed by atoms with van der Waals surface area (Å²) in [5.74, 6) is -0.593. The van der Waals surface area contributed by atoms with Crippen LogP contribution >= 0.6 is 0 Å².